The van der Waals surface area contributed by atoms with E-state index in [1.165, 1.54) is 53.4 Å². The van der Waals surface area contributed by atoms with E-state index in [1.54, 1.807) is 11.3 Å². The van der Waals surface area contributed by atoms with Crippen LogP contribution in [0.5, 0.6) is 5.75 Å². The molecule has 150 valence electrons. The minimum Gasteiger partial charge on any atom is -0.494 e. The Morgan fingerprint density at radius 2 is 1.71 bits per heavy atom. The summed E-state index contributed by atoms with van der Waals surface area (Å²) >= 11 is 5.29. The predicted octanol–water partition coefficient (Wildman–Crippen LogP) is 7.61. The number of rotatable bonds is 11. The first-order valence-electron chi connectivity index (χ1n) is 10.3. The standard InChI is InChI=1S/C24H30BrNOS/c1-3-4-5-14-26(2)15-6-7-16-27-21-12-13-22-23(18-28-24(22)17-21)19-8-10-20(25)11-9-19/h8-13,17-18H,3-7,14-16H2,1-2H3. The van der Waals surface area contributed by atoms with E-state index in [0.29, 0.717) is 0 Å². The summed E-state index contributed by atoms with van der Waals surface area (Å²) in [4.78, 5) is 2.44. The summed E-state index contributed by atoms with van der Waals surface area (Å²) in [5, 5.41) is 3.54. The Bertz CT molecular complexity index is 859. The Morgan fingerprint density at radius 3 is 2.46 bits per heavy atom. The molecule has 2 aromatic carbocycles. The van der Waals surface area contributed by atoms with E-state index in [0.717, 1.165) is 29.8 Å². The van der Waals surface area contributed by atoms with Crippen LogP contribution in [-0.4, -0.2) is 31.6 Å². The van der Waals surface area contributed by atoms with Gasteiger partial charge in [-0.15, -0.1) is 11.3 Å². The monoisotopic (exact) mass is 459 g/mol. The SMILES string of the molecule is CCCCCN(C)CCCCOc1ccc2c(-c3ccc(Br)cc3)csc2c1. The highest BCUT2D eigenvalue weighted by Crippen LogP contribution is 2.36. The molecule has 0 bridgehead atoms. The molecule has 0 N–H and O–H groups in total. The number of fused-ring (bicyclic) bond motifs is 1. The van der Waals surface area contributed by atoms with Crippen molar-refractivity contribution in [2.24, 2.45) is 0 Å². The van der Waals surface area contributed by atoms with Crippen molar-refractivity contribution >= 4 is 37.4 Å². The molecule has 0 unspecified atom stereocenters. The van der Waals surface area contributed by atoms with Crippen molar-refractivity contribution in [1.29, 1.82) is 0 Å². The summed E-state index contributed by atoms with van der Waals surface area (Å²) in [6.07, 6.45) is 6.23. The van der Waals surface area contributed by atoms with Crippen molar-refractivity contribution < 1.29 is 4.74 Å². The second-order valence-electron chi connectivity index (χ2n) is 7.38. The molecule has 0 aliphatic carbocycles. The van der Waals surface area contributed by atoms with Gasteiger partial charge in [0.1, 0.15) is 5.75 Å². The summed E-state index contributed by atoms with van der Waals surface area (Å²) < 4.78 is 8.40. The highest BCUT2D eigenvalue weighted by atomic mass is 79.9. The van der Waals surface area contributed by atoms with Crippen LogP contribution in [0.4, 0.5) is 0 Å². The van der Waals surface area contributed by atoms with Crippen LogP contribution in [-0.2, 0) is 0 Å². The molecular formula is C24H30BrNOS. The Labute approximate surface area is 181 Å². The minimum absolute atomic E-state index is 0.791. The number of hydrogen-bond acceptors (Lipinski definition) is 3. The number of nitrogens with zero attached hydrogens (tertiary/aromatic N) is 1. The van der Waals surface area contributed by atoms with Crippen molar-refractivity contribution in [3.8, 4) is 16.9 Å². The van der Waals surface area contributed by atoms with Gasteiger partial charge in [-0.2, -0.15) is 0 Å². The van der Waals surface area contributed by atoms with E-state index < -0.39 is 0 Å². The zero-order chi connectivity index (χ0) is 19.8. The van der Waals surface area contributed by atoms with Crippen molar-refractivity contribution in [2.45, 2.75) is 39.0 Å². The fourth-order valence-electron chi connectivity index (χ4n) is 3.37. The Balaban J connectivity index is 1.48. The number of unbranched alkanes of at least 4 members (excludes halogenated alkanes) is 3. The molecular weight excluding hydrogens is 430 g/mol. The van der Waals surface area contributed by atoms with Gasteiger partial charge in [-0.05, 0) is 80.7 Å². The molecule has 3 rings (SSSR count). The van der Waals surface area contributed by atoms with Crippen LogP contribution >= 0.6 is 27.3 Å². The molecule has 0 saturated heterocycles. The smallest absolute Gasteiger partial charge is 0.120 e. The lowest BCUT2D eigenvalue weighted by Gasteiger charge is -2.16. The third-order valence-corrected chi connectivity index (χ3v) is 6.52. The second-order valence-corrected chi connectivity index (χ2v) is 9.21. The van der Waals surface area contributed by atoms with Crippen LogP contribution in [0.2, 0.25) is 0 Å². The summed E-state index contributed by atoms with van der Waals surface area (Å²) in [5.41, 5.74) is 2.55. The molecule has 0 fully saturated rings. The van der Waals surface area contributed by atoms with Gasteiger partial charge in [0, 0.05) is 20.1 Å². The van der Waals surface area contributed by atoms with Crippen molar-refractivity contribution in [1.82, 2.24) is 4.90 Å². The van der Waals surface area contributed by atoms with Crippen molar-refractivity contribution in [3.63, 3.8) is 0 Å². The highest BCUT2D eigenvalue weighted by Gasteiger charge is 2.08. The van der Waals surface area contributed by atoms with Crippen molar-refractivity contribution in [2.75, 3.05) is 26.7 Å². The Morgan fingerprint density at radius 1 is 0.964 bits per heavy atom. The van der Waals surface area contributed by atoms with Gasteiger partial charge in [0.15, 0.2) is 0 Å². The van der Waals surface area contributed by atoms with Gasteiger partial charge in [-0.25, -0.2) is 0 Å². The van der Waals surface area contributed by atoms with Crippen LogP contribution in [0, 0.1) is 0 Å². The van der Waals surface area contributed by atoms with Crippen LogP contribution in [0.15, 0.2) is 52.3 Å². The van der Waals surface area contributed by atoms with E-state index in [-0.39, 0.29) is 0 Å². The quantitative estimate of drug-likeness (QED) is 0.273. The molecule has 0 aliphatic rings. The number of thiophene rings is 1. The maximum Gasteiger partial charge on any atom is 0.120 e. The summed E-state index contributed by atoms with van der Waals surface area (Å²) in [6, 6.07) is 15.0. The lowest BCUT2D eigenvalue weighted by Crippen LogP contribution is -2.21. The number of benzene rings is 2. The normalized spacial score (nSPS) is 11.4. The molecule has 1 aromatic heterocycles. The molecule has 0 spiro atoms. The first-order valence-corrected chi connectivity index (χ1v) is 11.9. The number of ether oxygens (including phenoxy) is 1. The number of hydrogen-bond donors (Lipinski definition) is 0. The molecule has 3 aromatic rings. The molecule has 0 aliphatic heterocycles. The maximum atomic E-state index is 6.01. The summed E-state index contributed by atoms with van der Waals surface area (Å²) in [5.74, 6) is 0.980. The predicted molar refractivity (Wildman–Crippen MR) is 127 cm³/mol. The van der Waals surface area contributed by atoms with Crippen LogP contribution in [0.1, 0.15) is 39.0 Å². The third kappa shape index (κ3) is 6.07. The van der Waals surface area contributed by atoms with E-state index in [2.05, 4.69) is 82.6 Å². The lowest BCUT2D eigenvalue weighted by molar-refractivity contribution is 0.276. The molecule has 0 amide bonds. The molecule has 0 saturated carbocycles. The molecule has 0 radical (unpaired) electrons. The maximum absolute atomic E-state index is 6.01. The van der Waals surface area contributed by atoms with Gasteiger partial charge in [0.25, 0.3) is 0 Å². The largest absolute Gasteiger partial charge is 0.494 e. The average Bonchev–Trinajstić information content (AvgIpc) is 3.12. The van der Waals surface area contributed by atoms with Gasteiger partial charge in [0.05, 0.1) is 6.61 Å². The molecule has 2 nitrogen and oxygen atoms in total. The molecule has 0 atom stereocenters. The first kappa shape index (κ1) is 21.4. The first-order chi connectivity index (χ1) is 13.7. The molecule has 4 heteroatoms. The Kier molecular flexibility index (Phi) is 8.38. The lowest BCUT2D eigenvalue weighted by atomic mass is 10.1. The van der Waals surface area contributed by atoms with E-state index >= 15 is 0 Å². The second kappa shape index (κ2) is 11.0. The fraction of sp³-hybridized carbons (Fsp3) is 0.417. The molecule has 1 heterocycles. The molecule has 28 heavy (non-hydrogen) atoms. The van der Waals surface area contributed by atoms with E-state index in [9.17, 15) is 0 Å². The topological polar surface area (TPSA) is 12.5 Å². The van der Waals surface area contributed by atoms with E-state index in [1.807, 2.05) is 0 Å². The average molecular weight is 460 g/mol. The minimum atomic E-state index is 0.791. The van der Waals surface area contributed by atoms with Gasteiger partial charge in [-0.3, -0.25) is 0 Å². The van der Waals surface area contributed by atoms with E-state index in [4.69, 9.17) is 4.74 Å². The third-order valence-electron chi connectivity index (χ3n) is 5.05. The van der Waals surface area contributed by atoms with Crippen LogP contribution in [0.25, 0.3) is 21.2 Å². The highest BCUT2D eigenvalue weighted by molar-refractivity contribution is 9.10. The van der Waals surface area contributed by atoms with Gasteiger partial charge >= 0.3 is 0 Å². The van der Waals surface area contributed by atoms with Gasteiger partial charge < -0.3 is 9.64 Å². The van der Waals surface area contributed by atoms with Gasteiger partial charge in [0.2, 0.25) is 0 Å². The number of halogens is 1. The van der Waals surface area contributed by atoms with Crippen molar-refractivity contribution in [3.05, 3.63) is 52.3 Å². The summed E-state index contributed by atoms with van der Waals surface area (Å²) in [7, 11) is 2.23. The fourth-order valence-corrected chi connectivity index (χ4v) is 4.63. The zero-order valence-corrected chi connectivity index (χ0v) is 19.3. The summed E-state index contributed by atoms with van der Waals surface area (Å²) in [6.45, 7) is 5.42. The van der Waals surface area contributed by atoms with Crippen LogP contribution < -0.4 is 4.74 Å². The van der Waals surface area contributed by atoms with Gasteiger partial charge in [-0.1, -0.05) is 47.8 Å². The Hall–Kier alpha value is -1.36. The van der Waals surface area contributed by atoms with Crippen LogP contribution in [0.3, 0.4) is 0 Å². The zero-order valence-electron chi connectivity index (χ0n) is 16.9.